The minimum Gasteiger partial charge on any atom is -0.748 e. The number of carbonyl (C=O) groups excluding carboxylic acids is 1. The maximum absolute atomic E-state index is 11.8. The Kier molecular flexibility index (Phi) is 7.13. The normalized spacial score (nSPS) is 24.7. The third kappa shape index (κ3) is 5.05. The number of Topliss-reactive ketones (excluding diaryl/α,β-unsaturated/α-hetero) is 1. The van der Waals surface area contributed by atoms with E-state index >= 15 is 0 Å². The summed E-state index contributed by atoms with van der Waals surface area (Å²) in [5, 5.41) is 9.28. The summed E-state index contributed by atoms with van der Waals surface area (Å²) >= 11 is 0. The molecule has 7 heteroatoms. The van der Waals surface area contributed by atoms with Gasteiger partial charge in [0.05, 0.1) is 15.9 Å². The zero-order valence-electron chi connectivity index (χ0n) is 19.1. The molecule has 2 fully saturated rings. The van der Waals surface area contributed by atoms with Gasteiger partial charge in [-0.15, -0.1) is 0 Å². The van der Waals surface area contributed by atoms with Crippen molar-refractivity contribution in [2.45, 2.75) is 50.7 Å². The van der Waals surface area contributed by atoms with Crippen LogP contribution in [0.4, 0.5) is 0 Å². The predicted molar refractivity (Wildman–Crippen MR) is 128 cm³/mol. The van der Waals surface area contributed by atoms with Gasteiger partial charge in [0, 0.05) is 28.3 Å². The number of hydrogen-bond acceptors (Lipinski definition) is 5. The molecule has 0 aromatic heterocycles. The molecule has 0 aliphatic heterocycles. The van der Waals surface area contributed by atoms with E-state index < -0.39 is 21.3 Å². The second-order valence-corrected chi connectivity index (χ2v) is 13.0. The van der Waals surface area contributed by atoms with Crippen molar-refractivity contribution >= 4 is 26.8 Å². The fraction of sp³-hybridized carbons (Fsp3) is 0.480. The van der Waals surface area contributed by atoms with Crippen molar-refractivity contribution < 1.29 is 22.9 Å². The molecule has 174 valence electrons. The molecule has 0 heterocycles. The van der Waals surface area contributed by atoms with Crippen LogP contribution in [0.25, 0.3) is 0 Å². The lowest BCUT2D eigenvalue weighted by Crippen LogP contribution is -2.42. The topological polar surface area (TPSA) is 94.5 Å². The summed E-state index contributed by atoms with van der Waals surface area (Å²) in [7, 11) is -4.14. The number of aryl methyl sites for hydroxylation is 1. The van der Waals surface area contributed by atoms with Crippen LogP contribution in [0.1, 0.15) is 44.2 Å². The van der Waals surface area contributed by atoms with Crippen LogP contribution in [0.15, 0.2) is 53.4 Å². The second-order valence-electron chi connectivity index (χ2n) is 9.57. The third-order valence-corrected chi connectivity index (χ3v) is 10.1. The number of phenolic OH excluding ortho intramolecular Hbond substituents is 1. The monoisotopic (exact) mass is 476 g/mol. The molecular formula is C25H32O5S2. The first-order valence-corrected chi connectivity index (χ1v) is 14.2. The first-order chi connectivity index (χ1) is 14.9. The molecule has 2 aromatic rings. The molecule has 5 nitrogen and oxygen atoms in total. The number of carbonyl (C=O) groups is 1. The van der Waals surface area contributed by atoms with Crippen LogP contribution in [0.3, 0.4) is 0 Å². The van der Waals surface area contributed by atoms with E-state index in [9.17, 15) is 22.9 Å². The van der Waals surface area contributed by atoms with Crippen LogP contribution >= 0.6 is 0 Å². The van der Waals surface area contributed by atoms with Gasteiger partial charge in [0.1, 0.15) is 23.5 Å². The first kappa shape index (κ1) is 24.8. The Morgan fingerprint density at radius 3 is 2.25 bits per heavy atom. The zero-order valence-corrected chi connectivity index (χ0v) is 20.8. The zero-order chi connectivity index (χ0) is 23.7. The van der Waals surface area contributed by atoms with Crippen molar-refractivity contribution in [2.24, 2.45) is 16.7 Å². The minimum absolute atomic E-state index is 0.0248. The highest BCUT2D eigenvalue weighted by Crippen LogP contribution is 2.64. The Hall–Kier alpha value is -1.83. The molecule has 0 amide bonds. The highest BCUT2D eigenvalue weighted by atomic mass is 32.2. The molecule has 1 N–H and O–H groups in total. The van der Waals surface area contributed by atoms with Crippen LogP contribution in [-0.2, 0) is 31.6 Å². The molecule has 0 radical (unpaired) electrons. The van der Waals surface area contributed by atoms with E-state index in [0.717, 1.165) is 12.2 Å². The number of hydrogen-bond donors (Lipinski definition) is 1. The number of phenols is 1. The summed E-state index contributed by atoms with van der Waals surface area (Å²) in [5.74, 6) is 1.12. The van der Waals surface area contributed by atoms with E-state index in [2.05, 4.69) is 37.4 Å². The largest absolute Gasteiger partial charge is 0.748 e. The van der Waals surface area contributed by atoms with Gasteiger partial charge < -0.3 is 9.66 Å². The van der Waals surface area contributed by atoms with Gasteiger partial charge in [0.2, 0.25) is 0 Å². The average molecular weight is 477 g/mol. The first-order valence-electron chi connectivity index (χ1n) is 10.8. The van der Waals surface area contributed by atoms with E-state index in [1.54, 1.807) is 12.1 Å². The second kappa shape index (κ2) is 9.20. The van der Waals surface area contributed by atoms with Gasteiger partial charge >= 0.3 is 0 Å². The molecule has 2 saturated carbocycles. The van der Waals surface area contributed by atoms with Gasteiger partial charge in [-0.25, -0.2) is 8.42 Å². The maximum Gasteiger partial charge on any atom is 0.155 e. The van der Waals surface area contributed by atoms with E-state index in [1.807, 2.05) is 26.0 Å². The standard InChI is InChI=1S/C15H16OS.C10H16O4S/c1-12-5-3-4-6-13(12)11-17(2)15-9-7-14(16)8-10-15;1-9(2)7-3-4-10(9,8(11)5-7)6-15(12,13)14/h3-10H,11H2,1-2H3;7H,3-6H2,1-2H3,(H,12,13,14). The van der Waals surface area contributed by atoms with Gasteiger partial charge in [0.25, 0.3) is 0 Å². The van der Waals surface area contributed by atoms with Crippen molar-refractivity contribution in [3.63, 3.8) is 0 Å². The number of aromatic hydroxyl groups is 1. The lowest BCUT2D eigenvalue weighted by atomic mass is 9.70. The fourth-order valence-corrected chi connectivity index (χ4v) is 8.02. The Morgan fingerprint density at radius 2 is 1.75 bits per heavy atom. The van der Waals surface area contributed by atoms with Crippen LogP contribution in [-0.4, -0.2) is 35.9 Å². The lowest BCUT2D eigenvalue weighted by molar-refractivity contribution is -0.128. The van der Waals surface area contributed by atoms with E-state index in [0.29, 0.717) is 18.6 Å². The summed E-state index contributed by atoms with van der Waals surface area (Å²) in [6.07, 6.45) is 4.13. The van der Waals surface area contributed by atoms with Crippen LogP contribution in [0.2, 0.25) is 0 Å². The van der Waals surface area contributed by atoms with Crippen molar-refractivity contribution in [3.8, 4) is 5.75 Å². The minimum atomic E-state index is -4.33. The van der Waals surface area contributed by atoms with Gasteiger partial charge in [0.15, 0.2) is 4.90 Å². The highest BCUT2D eigenvalue weighted by Gasteiger charge is 2.64. The van der Waals surface area contributed by atoms with Crippen LogP contribution in [0.5, 0.6) is 5.75 Å². The molecule has 3 atom stereocenters. The molecule has 2 bridgehead atoms. The molecule has 2 aromatic carbocycles. The van der Waals surface area contributed by atoms with E-state index in [1.165, 1.54) is 16.0 Å². The summed E-state index contributed by atoms with van der Waals surface area (Å²) in [6.45, 7) is 5.99. The number of ketones is 1. The molecule has 4 rings (SSSR count). The van der Waals surface area contributed by atoms with Gasteiger partial charge in [-0.3, -0.25) is 4.79 Å². The lowest BCUT2D eigenvalue weighted by Gasteiger charge is -2.37. The number of rotatable bonds is 5. The van der Waals surface area contributed by atoms with Crippen molar-refractivity contribution in [3.05, 3.63) is 59.7 Å². The van der Waals surface area contributed by atoms with Gasteiger partial charge in [-0.05, 0) is 60.9 Å². The maximum atomic E-state index is 11.8. The van der Waals surface area contributed by atoms with Crippen molar-refractivity contribution in [1.29, 1.82) is 0 Å². The van der Waals surface area contributed by atoms with Crippen LogP contribution < -0.4 is 0 Å². The predicted octanol–water partition coefficient (Wildman–Crippen LogP) is 4.43. The Bertz CT molecular complexity index is 1080. The molecular weight excluding hydrogens is 444 g/mol. The molecule has 32 heavy (non-hydrogen) atoms. The van der Waals surface area contributed by atoms with Crippen molar-refractivity contribution in [2.75, 3.05) is 12.0 Å². The Balaban J connectivity index is 0.000000182. The van der Waals surface area contributed by atoms with Crippen LogP contribution in [0, 0.1) is 23.7 Å². The highest BCUT2D eigenvalue weighted by molar-refractivity contribution is 7.95. The van der Waals surface area contributed by atoms with Gasteiger partial charge in [-0.2, -0.15) is 0 Å². The number of fused-ring (bicyclic) bond motifs is 2. The molecule has 2 aliphatic rings. The summed E-state index contributed by atoms with van der Waals surface area (Å²) in [5.41, 5.74) is 1.54. The molecule has 0 spiro atoms. The SMILES string of the molecule is CC1(C)C2CCC1(CS(=O)(=O)[O-])C(=O)C2.Cc1ccccc1C[S+](C)c1ccc(O)cc1. The summed E-state index contributed by atoms with van der Waals surface area (Å²) in [6, 6.07) is 16.1. The molecule has 2 aliphatic carbocycles. The molecule has 0 saturated heterocycles. The summed E-state index contributed by atoms with van der Waals surface area (Å²) < 4.78 is 32.7. The van der Waals surface area contributed by atoms with Gasteiger partial charge in [-0.1, -0.05) is 38.1 Å². The quantitative estimate of drug-likeness (QED) is 0.509. The van der Waals surface area contributed by atoms with E-state index in [-0.39, 0.29) is 28.0 Å². The average Bonchev–Trinajstić information content (AvgIpc) is 3.04. The molecule has 3 unspecified atom stereocenters. The summed E-state index contributed by atoms with van der Waals surface area (Å²) in [4.78, 5) is 13.1. The Morgan fingerprint density at radius 1 is 1.12 bits per heavy atom. The third-order valence-electron chi connectivity index (χ3n) is 7.43. The number of benzene rings is 2. The van der Waals surface area contributed by atoms with E-state index in [4.69, 9.17) is 0 Å². The van der Waals surface area contributed by atoms with Crippen molar-refractivity contribution in [1.82, 2.24) is 0 Å². The fourth-order valence-electron chi connectivity index (χ4n) is 5.18. The smallest absolute Gasteiger partial charge is 0.155 e. The Labute approximate surface area is 194 Å².